The molecule has 0 aromatic rings. The van der Waals surface area contributed by atoms with Crippen molar-refractivity contribution >= 4 is 11.4 Å². The molecular weight excluding hydrogens is 204 g/mol. The van der Waals surface area contributed by atoms with Gasteiger partial charge in [0, 0.05) is 23.2 Å². The standard InChI is InChI=1S/C12H14N2O2/c1-12-8-4-2-3-5(6(4)11(12)14-16)10(13-15)9(12)7(3)8/h3-9,15-16H,2H2,1H3/b13-10-,14-11?. The highest BCUT2D eigenvalue weighted by Crippen LogP contribution is 2.85. The monoisotopic (exact) mass is 218 g/mol. The van der Waals surface area contributed by atoms with Crippen LogP contribution in [0.5, 0.6) is 0 Å². The first-order chi connectivity index (χ1) is 7.75. The van der Waals surface area contributed by atoms with E-state index in [1.807, 2.05) is 0 Å². The zero-order valence-electron chi connectivity index (χ0n) is 9.04. The summed E-state index contributed by atoms with van der Waals surface area (Å²) in [4.78, 5) is 0. The van der Waals surface area contributed by atoms with Crippen molar-refractivity contribution in [2.24, 2.45) is 57.2 Å². The molecule has 0 saturated heterocycles. The minimum Gasteiger partial charge on any atom is -0.411 e. The van der Waals surface area contributed by atoms with E-state index in [9.17, 15) is 10.4 Å². The van der Waals surface area contributed by atoms with Gasteiger partial charge >= 0.3 is 0 Å². The van der Waals surface area contributed by atoms with Gasteiger partial charge in [0.25, 0.3) is 0 Å². The topological polar surface area (TPSA) is 65.2 Å². The van der Waals surface area contributed by atoms with Crippen LogP contribution in [0.1, 0.15) is 13.3 Å². The number of rotatable bonds is 0. The molecule has 0 radical (unpaired) electrons. The van der Waals surface area contributed by atoms with E-state index in [1.54, 1.807) is 0 Å². The van der Waals surface area contributed by atoms with Crippen LogP contribution in [0.2, 0.25) is 0 Å². The van der Waals surface area contributed by atoms with Gasteiger partial charge in [0.1, 0.15) is 0 Å². The van der Waals surface area contributed by atoms with E-state index < -0.39 is 0 Å². The van der Waals surface area contributed by atoms with Gasteiger partial charge in [-0.15, -0.1) is 0 Å². The van der Waals surface area contributed by atoms with Crippen LogP contribution >= 0.6 is 0 Å². The molecule has 8 unspecified atom stereocenters. The Bertz CT molecular complexity index is 481. The molecular formula is C12H14N2O2. The quantitative estimate of drug-likeness (QED) is 0.477. The Hall–Kier alpha value is -1.06. The first-order valence-electron chi connectivity index (χ1n) is 6.19. The average Bonchev–Trinajstić information content (AvgIpc) is 2.81. The maximum Gasteiger partial charge on any atom is 0.0679 e. The van der Waals surface area contributed by atoms with Crippen LogP contribution < -0.4 is 0 Å². The summed E-state index contributed by atoms with van der Waals surface area (Å²) in [6.45, 7) is 2.22. The highest BCUT2D eigenvalue weighted by molar-refractivity contribution is 6.12. The SMILES string of the molecule is CC12C(=NO)C3C4CC5C3/C(=N/O)C1C5C42. The number of nitrogens with zero attached hydrogens (tertiary/aromatic N) is 2. The number of hydrogen-bond acceptors (Lipinski definition) is 4. The molecule has 0 aromatic heterocycles. The van der Waals surface area contributed by atoms with Crippen molar-refractivity contribution in [2.45, 2.75) is 13.3 Å². The summed E-state index contributed by atoms with van der Waals surface area (Å²) >= 11 is 0. The van der Waals surface area contributed by atoms with Crippen molar-refractivity contribution < 1.29 is 10.4 Å². The molecule has 8 atom stereocenters. The molecule has 84 valence electrons. The summed E-state index contributed by atoms with van der Waals surface area (Å²) in [6, 6.07) is 0. The Balaban J connectivity index is 1.86. The van der Waals surface area contributed by atoms with Crippen molar-refractivity contribution in [1.29, 1.82) is 0 Å². The van der Waals surface area contributed by atoms with Crippen LogP contribution in [-0.2, 0) is 0 Å². The van der Waals surface area contributed by atoms with E-state index in [0.29, 0.717) is 29.6 Å². The maximum atomic E-state index is 9.29. The third-order valence-electron chi connectivity index (χ3n) is 6.70. The molecule has 0 aromatic carbocycles. The zero-order chi connectivity index (χ0) is 10.8. The molecule has 2 N–H and O–H groups in total. The lowest BCUT2D eigenvalue weighted by molar-refractivity contribution is -0.0100. The summed E-state index contributed by atoms with van der Waals surface area (Å²) < 4.78 is 0. The van der Waals surface area contributed by atoms with Gasteiger partial charge in [-0.2, -0.15) is 0 Å². The van der Waals surface area contributed by atoms with E-state index in [-0.39, 0.29) is 5.41 Å². The first kappa shape index (κ1) is 8.09. The summed E-state index contributed by atoms with van der Waals surface area (Å²) in [6.07, 6.45) is 1.27. The Morgan fingerprint density at radius 2 is 2.00 bits per heavy atom. The smallest absolute Gasteiger partial charge is 0.0679 e. The third kappa shape index (κ3) is 0.437. The fourth-order valence-corrected chi connectivity index (χ4v) is 6.73. The van der Waals surface area contributed by atoms with Gasteiger partial charge in [0.15, 0.2) is 0 Å². The van der Waals surface area contributed by atoms with E-state index in [2.05, 4.69) is 17.2 Å². The molecule has 0 aliphatic heterocycles. The highest BCUT2D eigenvalue weighted by atomic mass is 16.4. The lowest BCUT2D eigenvalue weighted by Gasteiger charge is -2.53. The average molecular weight is 218 g/mol. The summed E-state index contributed by atoms with van der Waals surface area (Å²) in [5.74, 6) is 4.07. The van der Waals surface area contributed by atoms with Crippen LogP contribution in [0.25, 0.3) is 0 Å². The molecule has 5 saturated carbocycles. The Morgan fingerprint density at radius 3 is 2.69 bits per heavy atom. The van der Waals surface area contributed by atoms with Crippen LogP contribution in [0.15, 0.2) is 10.3 Å². The predicted octanol–water partition coefficient (Wildman–Crippen LogP) is 1.42. The molecule has 5 aliphatic rings. The maximum absolute atomic E-state index is 9.29. The Labute approximate surface area is 93.0 Å². The highest BCUT2D eigenvalue weighted by Gasteiger charge is 2.87. The zero-order valence-corrected chi connectivity index (χ0v) is 9.04. The second-order valence-electron chi connectivity index (χ2n) is 6.49. The van der Waals surface area contributed by atoms with E-state index in [1.165, 1.54) is 6.42 Å². The van der Waals surface area contributed by atoms with Gasteiger partial charge in [-0.1, -0.05) is 17.2 Å². The fraction of sp³-hybridized carbons (Fsp3) is 0.833. The van der Waals surface area contributed by atoms with E-state index in [0.717, 1.165) is 23.3 Å². The lowest BCUT2D eigenvalue weighted by Crippen LogP contribution is -2.57. The minimum absolute atomic E-state index is 0.0259. The molecule has 5 fully saturated rings. The molecule has 0 heterocycles. The number of hydrogen-bond donors (Lipinski definition) is 2. The van der Waals surface area contributed by atoms with Gasteiger partial charge in [-0.05, 0) is 30.1 Å². The Morgan fingerprint density at radius 1 is 1.19 bits per heavy atom. The molecule has 2 bridgehead atoms. The molecule has 4 nitrogen and oxygen atoms in total. The molecule has 4 heteroatoms. The normalized spacial score (nSPS) is 72.2. The second kappa shape index (κ2) is 1.91. The van der Waals surface area contributed by atoms with Crippen LogP contribution in [0.3, 0.4) is 0 Å². The van der Waals surface area contributed by atoms with Gasteiger partial charge in [-0.3, -0.25) is 0 Å². The second-order valence-corrected chi connectivity index (χ2v) is 6.49. The van der Waals surface area contributed by atoms with E-state index >= 15 is 0 Å². The first-order valence-corrected chi connectivity index (χ1v) is 6.19. The van der Waals surface area contributed by atoms with Crippen LogP contribution in [0, 0.1) is 46.8 Å². The van der Waals surface area contributed by atoms with Crippen molar-refractivity contribution in [3.63, 3.8) is 0 Å². The van der Waals surface area contributed by atoms with Crippen molar-refractivity contribution in [2.75, 3.05) is 0 Å². The molecule has 5 rings (SSSR count). The molecule has 0 spiro atoms. The number of oxime groups is 2. The molecule has 5 aliphatic carbocycles. The Kier molecular flexibility index (Phi) is 0.967. The van der Waals surface area contributed by atoms with Gasteiger partial charge < -0.3 is 10.4 Å². The summed E-state index contributed by atoms with van der Waals surface area (Å²) in [5, 5.41) is 25.8. The van der Waals surface area contributed by atoms with Gasteiger partial charge in [0.05, 0.1) is 11.4 Å². The van der Waals surface area contributed by atoms with E-state index in [4.69, 9.17) is 0 Å². The largest absolute Gasteiger partial charge is 0.411 e. The fourth-order valence-electron chi connectivity index (χ4n) is 6.73. The lowest BCUT2D eigenvalue weighted by atomic mass is 9.49. The number of fused-ring (bicyclic) bond motifs is 2. The van der Waals surface area contributed by atoms with Crippen molar-refractivity contribution in [3.05, 3.63) is 0 Å². The molecule has 16 heavy (non-hydrogen) atoms. The van der Waals surface area contributed by atoms with Gasteiger partial charge in [0.2, 0.25) is 0 Å². The van der Waals surface area contributed by atoms with Crippen LogP contribution in [0.4, 0.5) is 0 Å². The van der Waals surface area contributed by atoms with Crippen LogP contribution in [-0.4, -0.2) is 21.8 Å². The minimum atomic E-state index is 0.0259. The third-order valence-corrected chi connectivity index (χ3v) is 6.70. The predicted molar refractivity (Wildman–Crippen MR) is 55.6 cm³/mol. The summed E-state index contributed by atoms with van der Waals surface area (Å²) in [7, 11) is 0. The molecule has 0 amide bonds. The van der Waals surface area contributed by atoms with Crippen molar-refractivity contribution in [3.8, 4) is 0 Å². The van der Waals surface area contributed by atoms with Gasteiger partial charge in [-0.25, -0.2) is 0 Å². The summed E-state index contributed by atoms with van der Waals surface area (Å²) in [5.41, 5.74) is 2.09. The van der Waals surface area contributed by atoms with Crippen molar-refractivity contribution in [1.82, 2.24) is 0 Å².